The molecule has 2 aliphatic heterocycles. The van der Waals surface area contributed by atoms with Crippen molar-refractivity contribution in [2.24, 2.45) is 0 Å². The molecule has 24 heavy (non-hydrogen) atoms. The van der Waals surface area contributed by atoms with Crippen LogP contribution < -0.4 is 14.4 Å². The van der Waals surface area contributed by atoms with Crippen LogP contribution in [0.3, 0.4) is 0 Å². The molecule has 1 N–H and O–H groups in total. The predicted molar refractivity (Wildman–Crippen MR) is 89.5 cm³/mol. The van der Waals surface area contributed by atoms with E-state index in [1.54, 1.807) is 6.92 Å². The van der Waals surface area contributed by atoms with Gasteiger partial charge >= 0.3 is 0 Å². The third-order valence-corrected chi connectivity index (χ3v) is 4.84. The number of carbonyl (C=O) groups is 1. The standard InChI is InChI=1S/C18H24N2O4/c1-12(21)10-19-7-6-17(22)20(13-2-3-13)11-14-15(19)4-5-16-18(14)24-9-8-23-16/h4-5,12-13,21H,2-3,6-11H2,1H3/t12-/m0/s1. The van der Waals surface area contributed by atoms with E-state index >= 15 is 0 Å². The van der Waals surface area contributed by atoms with E-state index in [1.807, 2.05) is 17.0 Å². The molecule has 0 radical (unpaired) electrons. The van der Waals surface area contributed by atoms with Gasteiger partial charge in [0.05, 0.1) is 12.6 Å². The van der Waals surface area contributed by atoms with Crippen LogP contribution in [-0.2, 0) is 11.3 Å². The normalized spacial score (nSPS) is 21.8. The Bertz CT molecular complexity index is 642. The second-order valence-electron chi connectivity index (χ2n) is 6.89. The summed E-state index contributed by atoms with van der Waals surface area (Å²) in [5.41, 5.74) is 2.05. The fourth-order valence-corrected chi connectivity index (χ4v) is 3.59. The second-order valence-corrected chi connectivity index (χ2v) is 6.89. The van der Waals surface area contributed by atoms with Crippen LogP contribution in [0.2, 0.25) is 0 Å². The van der Waals surface area contributed by atoms with Crippen molar-refractivity contribution in [2.45, 2.75) is 44.9 Å². The molecule has 6 nitrogen and oxygen atoms in total. The molecule has 1 fully saturated rings. The SMILES string of the molecule is C[C@H](O)CN1CCC(=O)N(C2CC2)Cc2c1ccc1c2OCCO1. The third-order valence-electron chi connectivity index (χ3n) is 4.84. The number of nitrogens with zero attached hydrogens (tertiary/aromatic N) is 2. The first-order valence-electron chi connectivity index (χ1n) is 8.77. The maximum atomic E-state index is 12.6. The Morgan fingerprint density at radius 3 is 2.83 bits per heavy atom. The van der Waals surface area contributed by atoms with E-state index in [-0.39, 0.29) is 5.91 Å². The summed E-state index contributed by atoms with van der Waals surface area (Å²) in [7, 11) is 0. The van der Waals surface area contributed by atoms with E-state index in [2.05, 4.69) is 4.90 Å². The summed E-state index contributed by atoms with van der Waals surface area (Å²) < 4.78 is 11.6. The minimum atomic E-state index is -0.458. The number of aliphatic hydroxyl groups excluding tert-OH is 1. The largest absolute Gasteiger partial charge is 0.486 e. The quantitative estimate of drug-likeness (QED) is 0.910. The Morgan fingerprint density at radius 2 is 2.08 bits per heavy atom. The Kier molecular flexibility index (Phi) is 4.00. The summed E-state index contributed by atoms with van der Waals surface area (Å²) in [6, 6.07) is 4.34. The van der Waals surface area contributed by atoms with Gasteiger partial charge in [0.15, 0.2) is 11.5 Å². The van der Waals surface area contributed by atoms with Gasteiger partial charge in [0, 0.05) is 36.8 Å². The molecule has 1 aromatic carbocycles. The molecule has 1 amide bonds. The lowest BCUT2D eigenvalue weighted by Crippen LogP contribution is -2.41. The van der Waals surface area contributed by atoms with Crippen LogP contribution in [0.5, 0.6) is 11.5 Å². The highest BCUT2D eigenvalue weighted by Gasteiger charge is 2.36. The fourth-order valence-electron chi connectivity index (χ4n) is 3.59. The van der Waals surface area contributed by atoms with Crippen molar-refractivity contribution in [3.05, 3.63) is 17.7 Å². The van der Waals surface area contributed by atoms with Crippen molar-refractivity contribution in [3.8, 4) is 11.5 Å². The molecule has 130 valence electrons. The molecule has 4 rings (SSSR count). The molecular weight excluding hydrogens is 308 g/mol. The van der Waals surface area contributed by atoms with Gasteiger partial charge in [0.25, 0.3) is 0 Å². The fraction of sp³-hybridized carbons (Fsp3) is 0.611. The highest BCUT2D eigenvalue weighted by molar-refractivity contribution is 5.79. The molecule has 3 aliphatic rings. The number of amides is 1. The molecule has 0 aromatic heterocycles. The monoisotopic (exact) mass is 332 g/mol. The van der Waals surface area contributed by atoms with Gasteiger partial charge < -0.3 is 24.4 Å². The number of ether oxygens (including phenoxy) is 2. The lowest BCUT2D eigenvalue weighted by atomic mass is 10.0. The van der Waals surface area contributed by atoms with Gasteiger partial charge in [-0.15, -0.1) is 0 Å². The average molecular weight is 332 g/mol. The van der Waals surface area contributed by atoms with Crippen LogP contribution in [-0.4, -0.2) is 54.4 Å². The topological polar surface area (TPSA) is 62.2 Å². The van der Waals surface area contributed by atoms with Gasteiger partial charge in [-0.05, 0) is 31.9 Å². The molecule has 0 bridgehead atoms. The average Bonchev–Trinajstić information content (AvgIpc) is 3.39. The molecule has 0 unspecified atom stereocenters. The van der Waals surface area contributed by atoms with E-state index in [1.165, 1.54) is 0 Å². The van der Waals surface area contributed by atoms with Crippen molar-refractivity contribution in [2.75, 3.05) is 31.2 Å². The smallest absolute Gasteiger partial charge is 0.224 e. The van der Waals surface area contributed by atoms with Gasteiger partial charge in [-0.1, -0.05) is 0 Å². The van der Waals surface area contributed by atoms with Crippen molar-refractivity contribution >= 4 is 11.6 Å². The van der Waals surface area contributed by atoms with Crippen molar-refractivity contribution in [1.82, 2.24) is 4.90 Å². The first-order valence-corrected chi connectivity index (χ1v) is 8.77. The number of hydrogen-bond donors (Lipinski definition) is 1. The zero-order valence-corrected chi connectivity index (χ0v) is 14.0. The van der Waals surface area contributed by atoms with Crippen LogP contribution in [0.25, 0.3) is 0 Å². The predicted octanol–water partition coefficient (Wildman–Crippen LogP) is 1.54. The van der Waals surface area contributed by atoms with Crippen LogP contribution in [0.4, 0.5) is 5.69 Å². The van der Waals surface area contributed by atoms with E-state index in [9.17, 15) is 9.90 Å². The molecule has 1 atom stereocenters. The lowest BCUT2D eigenvalue weighted by molar-refractivity contribution is -0.132. The van der Waals surface area contributed by atoms with Crippen LogP contribution in [0.15, 0.2) is 12.1 Å². The van der Waals surface area contributed by atoms with Gasteiger partial charge in [0.1, 0.15) is 13.2 Å². The Balaban J connectivity index is 1.77. The molecule has 1 aromatic rings. The number of carbonyl (C=O) groups excluding carboxylic acids is 1. The third kappa shape index (κ3) is 2.90. The zero-order chi connectivity index (χ0) is 16.7. The van der Waals surface area contributed by atoms with Gasteiger partial charge in [-0.3, -0.25) is 4.79 Å². The molecule has 1 saturated carbocycles. The van der Waals surface area contributed by atoms with E-state index in [4.69, 9.17) is 9.47 Å². The minimum absolute atomic E-state index is 0.188. The van der Waals surface area contributed by atoms with Crippen LogP contribution >= 0.6 is 0 Å². The molecule has 6 heteroatoms. The second kappa shape index (κ2) is 6.16. The molecule has 0 saturated heterocycles. The molecule has 1 aliphatic carbocycles. The first-order chi connectivity index (χ1) is 11.6. The maximum absolute atomic E-state index is 12.6. The summed E-state index contributed by atoms with van der Waals surface area (Å²) in [6.45, 7) is 4.52. The van der Waals surface area contributed by atoms with Crippen LogP contribution in [0, 0.1) is 0 Å². The summed E-state index contributed by atoms with van der Waals surface area (Å²) in [5.74, 6) is 1.70. The summed E-state index contributed by atoms with van der Waals surface area (Å²) in [4.78, 5) is 16.7. The summed E-state index contributed by atoms with van der Waals surface area (Å²) in [6.07, 6.45) is 2.20. The number of fused-ring (bicyclic) bond motifs is 3. The number of rotatable bonds is 3. The maximum Gasteiger partial charge on any atom is 0.224 e. The Hall–Kier alpha value is -1.95. The minimum Gasteiger partial charge on any atom is -0.486 e. The van der Waals surface area contributed by atoms with Gasteiger partial charge in [-0.25, -0.2) is 0 Å². The highest BCUT2D eigenvalue weighted by atomic mass is 16.6. The van der Waals surface area contributed by atoms with E-state index in [0.717, 1.165) is 35.6 Å². The van der Waals surface area contributed by atoms with Crippen molar-refractivity contribution in [3.63, 3.8) is 0 Å². The number of benzene rings is 1. The Morgan fingerprint density at radius 1 is 1.29 bits per heavy atom. The molecular formula is C18H24N2O4. The first kappa shape index (κ1) is 15.6. The van der Waals surface area contributed by atoms with E-state index < -0.39 is 6.10 Å². The number of anilines is 1. The van der Waals surface area contributed by atoms with Gasteiger partial charge in [0.2, 0.25) is 5.91 Å². The number of aliphatic hydroxyl groups is 1. The van der Waals surface area contributed by atoms with Crippen molar-refractivity contribution in [1.29, 1.82) is 0 Å². The Labute approximate surface area is 141 Å². The number of hydrogen-bond acceptors (Lipinski definition) is 5. The van der Waals surface area contributed by atoms with E-state index in [0.29, 0.717) is 45.3 Å². The lowest BCUT2D eigenvalue weighted by Gasteiger charge is -2.36. The van der Waals surface area contributed by atoms with Crippen molar-refractivity contribution < 1.29 is 19.4 Å². The summed E-state index contributed by atoms with van der Waals surface area (Å²) >= 11 is 0. The number of β-amino-alcohol motifs (C(OH)–C–C–N with tert-alkyl or cyclic N) is 1. The summed E-state index contributed by atoms with van der Waals surface area (Å²) in [5, 5.41) is 9.85. The zero-order valence-electron chi connectivity index (χ0n) is 14.0. The highest BCUT2D eigenvalue weighted by Crippen LogP contribution is 2.43. The molecule has 0 spiro atoms. The van der Waals surface area contributed by atoms with Gasteiger partial charge in [-0.2, -0.15) is 0 Å². The molecule has 2 heterocycles. The van der Waals surface area contributed by atoms with Crippen LogP contribution in [0.1, 0.15) is 31.7 Å².